The van der Waals surface area contributed by atoms with Crippen molar-refractivity contribution in [2.24, 2.45) is 0 Å². The van der Waals surface area contributed by atoms with Crippen LogP contribution in [0.15, 0.2) is 0 Å². The van der Waals surface area contributed by atoms with Crippen molar-refractivity contribution >= 4 is 28.6 Å². The van der Waals surface area contributed by atoms with E-state index in [1.165, 1.54) is 6.42 Å². The molecule has 7 nitrogen and oxygen atoms in total. The van der Waals surface area contributed by atoms with Crippen molar-refractivity contribution in [3.63, 3.8) is 0 Å². The average Bonchev–Trinajstić information content (AvgIpc) is 2.44. The molecule has 2 rings (SSSR count). The molecule has 0 amide bonds. The van der Waals surface area contributed by atoms with Gasteiger partial charge in [0.25, 0.3) is 0 Å². The predicted molar refractivity (Wildman–Crippen MR) is 82.3 cm³/mol. The number of hydrogen-bond donors (Lipinski definition) is 2. The van der Waals surface area contributed by atoms with Crippen molar-refractivity contribution in [1.29, 1.82) is 0 Å². The van der Waals surface area contributed by atoms with Crippen molar-refractivity contribution < 1.29 is 4.21 Å². The molecular weight excluding hydrogens is 276 g/mol. The molecule has 1 aromatic heterocycles. The first-order valence-corrected chi connectivity index (χ1v) is 8.68. The molecule has 0 bridgehead atoms. The first-order chi connectivity index (χ1) is 9.65. The minimum absolute atomic E-state index is 0.238. The van der Waals surface area contributed by atoms with Crippen molar-refractivity contribution in [2.75, 3.05) is 47.6 Å². The zero-order valence-electron chi connectivity index (χ0n) is 11.8. The number of anilines is 3. The molecule has 0 aliphatic carbocycles. The van der Waals surface area contributed by atoms with E-state index in [1.54, 1.807) is 6.26 Å². The maximum Gasteiger partial charge on any atom is 0.231 e. The third-order valence-electron chi connectivity index (χ3n) is 3.17. The summed E-state index contributed by atoms with van der Waals surface area (Å²) < 4.78 is 11.0. The fourth-order valence-electron chi connectivity index (χ4n) is 2.17. The number of piperidine rings is 1. The van der Waals surface area contributed by atoms with E-state index in [1.807, 2.05) is 0 Å². The standard InChI is InChI=1S/C12H22N6OS/c1-20(19)9-5-6-14-11-15-10(13)16-12(17-11)18-7-3-2-4-8-18/h2-9H2,1H3,(H3,13,14,15,16,17). The third-order valence-corrected chi connectivity index (χ3v) is 4.04. The van der Waals surface area contributed by atoms with Crippen LogP contribution in [0, 0.1) is 0 Å². The highest BCUT2D eigenvalue weighted by Crippen LogP contribution is 2.17. The van der Waals surface area contributed by atoms with Crippen LogP contribution in [0.3, 0.4) is 0 Å². The van der Waals surface area contributed by atoms with E-state index in [0.29, 0.717) is 24.2 Å². The van der Waals surface area contributed by atoms with Gasteiger partial charge in [0, 0.05) is 42.4 Å². The molecule has 112 valence electrons. The van der Waals surface area contributed by atoms with Gasteiger partial charge >= 0.3 is 0 Å². The van der Waals surface area contributed by atoms with E-state index in [2.05, 4.69) is 25.2 Å². The Morgan fingerprint density at radius 2 is 2.00 bits per heavy atom. The van der Waals surface area contributed by atoms with Gasteiger partial charge in [0.2, 0.25) is 17.8 Å². The molecule has 0 saturated carbocycles. The number of nitrogen functional groups attached to an aromatic ring is 1. The minimum Gasteiger partial charge on any atom is -0.368 e. The van der Waals surface area contributed by atoms with Crippen LogP contribution < -0.4 is 16.0 Å². The Balaban J connectivity index is 1.95. The van der Waals surface area contributed by atoms with Crippen molar-refractivity contribution in [2.45, 2.75) is 25.7 Å². The molecule has 3 N–H and O–H groups in total. The smallest absolute Gasteiger partial charge is 0.231 e. The maximum atomic E-state index is 11.0. The fourth-order valence-corrected chi connectivity index (χ4v) is 2.72. The molecule has 1 atom stereocenters. The Labute approximate surface area is 121 Å². The van der Waals surface area contributed by atoms with Crippen molar-refractivity contribution in [1.82, 2.24) is 15.0 Å². The summed E-state index contributed by atoms with van der Waals surface area (Å²) in [6, 6.07) is 0. The van der Waals surface area contributed by atoms with Gasteiger partial charge in [0.05, 0.1) is 0 Å². The number of nitrogens with one attached hydrogen (secondary N) is 1. The first-order valence-electron chi connectivity index (χ1n) is 6.95. The number of aromatic nitrogens is 3. The second-order valence-electron chi connectivity index (χ2n) is 4.92. The lowest BCUT2D eigenvalue weighted by molar-refractivity contribution is 0.568. The summed E-state index contributed by atoms with van der Waals surface area (Å²) >= 11 is 0. The Hall–Kier alpha value is -1.44. The molecule has 2 heterocycles. The molecule has 1 saturated heterocycles. The molecule has 8 heteroatoms. The van der Waals surface area contributed by atoms with Gasteiger partial charge in [-0.2, -0.15) is 15.0 Å². The fraction of sp³-hybridized carbons (Fsp3) is 0.750. The van der Waals surface area contributed by atoms with Gasteiger partial charge in [-0.15, -0.1) is 0 Å². The monoisotopic (exact) mass is 298 g/mol. The van der Waals surface area contributed by atoms with E-state index in [4.69, 9.17) is 5.73 Å². The maximum absolute atomic E-state index is 11.0. The van der Waals surface area contributed by atoms with Gasteiger partial charge in [-0.05, 0) is 25.7 Å². The molecule has 0 radical (unpaired) electrons. The highest BCUT2D eigenvalue weighted by atomic mass is 32.2. The predicted octanol–water partition coefficient (Wildman–Crippen LogP) is 0.625. The topological polar surface area (TPSA) is 97.0 Å². The van der Waals surface area contributed by atoms with Crippen LogP contribution in [0.5, 0.6) is 0 Å². The largest absolute Gasteiger partial charge is 0.368 e. The summed E-state index contributed by atoms with van der Waals surface area (Å²) in [5.74, 6) is 2.06. The lowest BCUT2D eigenvalue weighted by atomic mass is 10.1. The van der Waals surface area contributed by atoms with E-state index >= 15 is 0 Å². The Kier molecular flexibility index (Phi) is 5.51. The Morgan fingerprint density at radius 1 is 1.25 bits per heavy atom. The van der Waals surface area contributed by atoms with Gasteiger partial charge in [0.1, 0.15) is 0 Å². The van der Waals surface area contributed by atoms with Gasteiger partial charge in [-0.1, -0.05) is 0 Å². The summed E-state index contributed by atoms with van der Waals surface area (Å²) in [7, 11) is -0.762. The molecule has 0 aromatic carbocycles. The summed E-state index contributed by atoms with van der Waals surface area (Å²) in [5, 5.41) is 3.12. The second-order valence-corrected chi connectivity index (χ2v) is 6.48. The second kappa shape index (κ2) is 7.37. The van der Waals surface area contributed by atoms with E-state index in [9.17, 15) is 4.21 Å². The highest BCUT2D eigenvalue weighted by molar-refractivity contribution is 7.84. The van der Waals surface area contributed by atoms with Crippen LogP contribution in [0.25, 0.3) is 0 Å². The first kappa shape index (κ1) is 15.0. The minimum atomic E-state index is -0.762. The van der Waals surface area contributed by atoms with Gasteiger partial charge in [-0.3, -0.25) is 4.21 Å². The van der Waals surface area contributed by atoms with Crippen LogP contribution in [0.2, 0.25) is 0 Å². The van der Waals surface area contributed by atoms with Crippen LogP contribution in [0.4, 0.5) is 17.8 Å². The highest BCUT2D eigenvalue weighted by Gasteiger charge is 2.15. The number of nitrogens with two attached hydrogens (primary N) is 1. The number of hydrogen-bond acceptors (Lipinski definition) is 7. The van der Waals surface area contributed by atoms with Crippen molar-refractivity contribution in [3.8, 4) is 0 Å². The Bertz CT molecular complexity index is 463. The van der Waals surface area contributed by atoms with Gasteiger partial charge in [-0.25, -0.2) is 0 Å². The van der Waals surface area contributed by atoms with Crippen LogP contribution >= 0.6 is 0 Å². The summed E-state index contributed by atoms with van der Waals surface area (Å²) in [6.45, 7) is 2.62. The Morgan fingerprint density at radius 3 is 2.70 bits per heavy atom. The molecule has 1 aromatic rings. The van der Waals surface area contributed by atoms with Crippen molar-refractivity contribution in [3.05, 3.63) is 0 Å². The molecule has 1 aliphatic rings. The normalized spacial score (nSPS) is 16.9. The lowest BCUT2D eigenvalue weighted by Crippen LogP contribution is -2.31. The molecular formula is C12H22N6OS. The van der Waals surface area contributed by atoms with E-state index < -0.39 is 10.8 Å². The van der Waals surface area contributed by atoms with Gasteiger partial charge < -0.3 is 16.0 Å². The lowest BCUT2D eigenvalue weighted by Gasteiger charge is -2.26. The molecule has 0 spiro atoms. The summed E-state index contributed by atoms with van der Waals surface area (Å²) in [4.78, 5) is 14.9. The zero-order chi connectivity index (χ0) is 14.4. The molecule has 1 fully saturated rings. The van der Waals surface area contributed by atoms with Crippen LogP contribution in [-0.2, 0) is 10.8 Å². The third kappa shape index (κ3) is 4.59. The molecule has 1 aliphatic heterocycles. The van der Waals surface area contributed by atoms with E-state index in [0.717, 1.165) is 32.4 Å². The van der Waals surface area contributed by atoms with Crippen LogP contribution in [-0.4, -0.2) is 50.8 Å². The zero-order valence-corrected chi connectivity index (χ0v) is 12.7. The summed E-state index contributed by atoms with van der Waals surface area (Å²) in [5.41, 5.74) is 5.74. The average molecular weight is 298 g/mol. The number of rotatable bonds is 6. The van der Waals surface area contributed by atoms with Gasteiger partial charge in [0.15, 0.2) is 0 Å². The molecule has 1 unspecified atom stereocenters. The number of nitrogens with zero attached hydrogens (tertiary/aromatic N) is 4. The summed E-state index contributed by atoms with van der Waals surface area (Å²) in [6.07, 6.45) is 6.10. The van der Waals surface area contributed by atoms with E-state index in [-0.39, 0.29) is 5.95 Å². The quantitative estimate of drug-likeness (QED) is 0.743. The van der Waals surface area contributed by atoms with Crippen LogP contribution in [0.1, 0.15) is 25.7 Å². The molecule has 20 heavy (non-hydrogen) atoms. The SMILES string of the molecule is CS(=O)CCCNc1nc(N)nc(N2CCCCC2)n1.